The van der Waals surface area contributed by atoms with Crippen molar-refractivity contribution in [2.24, 2.45) is 5.92 Å². The lowest BCUT2D eigenvalue weighted by atomic mass is 9.91. The van der Waals surface area contributed by atoms with E-state index in [1.165, 1.54) is 0 Å². The number of amides is 2. The highest BCUT2D eigenvalue weighted by Gasteiger charge is 2.33. The summed E-state index contributed by atoms with van der Waals surface area (Å²) in [5, 5.41) is 15.6. The molecule has 0 spiro atoms. The smallest absolute Gasteiger partial charge is 0.235 e. The first-order valence-corrected chi connectivity index (χ1v) is 10.4. The average molecular weight is 383 g/mol. The first-order chi connectivity index (χ1) is 13.6. The summed E-state index contributed by atoms with van der Waals surface area (Å²) in [5.74, 6) is -0.217. The zero-order valence-electron chi connectivity index (χ0n) is 16.5. The maximum Gasteiger partial charge on any atom is 0.235 e. The monoisotopic (exact) mass is 382 g/mol. The molecule has 0 radical (unpaired) electrons. The molecule has 1 aliphatic heterocycles. The van der Waals surface area contributed by atoms with Gasteiger partial charge in [-0.25, -0.2) is 0 Å². The fraction of sp³-hybridized carbons (Fsp3) is 0.591. The minimum atomic E-state index is -0.715. The zero-order chi connectivity index (χ0) is 19.8. The third kappa shape index (κ3) is 5.56. The maximum atomic E-state index is 12.6. The largest absolute Gasteiger partial charge is 0.337 e. The third-order valence-corrected chi connectivity index (χ3v) is 5.83. The van der Waals surface area contributed by atoms with Gasteiger partial charge in [0.2, 0.25) is 11.8 Å². The summed E-state index contributed by atoms with van der Waals surface area (Å²) in [5.41, 5.74) is 0.0830. The Bertz CT molecular complexity index is 705. The van der Waals surface area contributed by atoms with Crippen LogP contribution >= 0.6 is 0 Å². The van der Waals surface area contributed by atoms with Gasteiger partial charge in [0, 0.05) is 12.2 Å². The second-order valence-corrected chi connectivity index (χ2v) is 8.09. The van der Waals surface area contributed by atoms with Gasteiger partial charge in [0.1, 0.15) is 5.54 Å². The van der Waals surface area contributed by atoms with E-state index in [-0.39, 0.29) is 24.3 Å². The number of nitrogens with one attached hydrogen (secondary N) is 2. The van der Waals surface area contributed by atoms with Gasteiger partial charge in [-0.1, -0.05) is 43.9 Å². The van der Waals surface area contributed by atoms with Crippen LogP contribution in [0.5, 0.6) is 0 Å². The van der Waals surface area contributed by atoms with Crippen molar-refractivity contribution in [1.29, 1.82) is 5.26 Å². The molecule has 150 valence electrons. The van der Waals surface area contributed by atoms with Crippen molar-refractivity contribution in [3.63, 3.8) is 0 Å². The molecule has 0 bridgehead atoms. The molecule has 2 N–H and O–H groups in total. The summed E-state index contributed by atoms with van der Waals surface area (Å²) in [4.78, 5) is 27.2. The molecular formula is C22H30N4O2. The van der Waals surface area contributed by atoms with Crippen LogP contribution in [0.4, 0.5) is 5.69 Å². The van der Waals surface area contributed by atoms with E-state index in [9.17, 15) is 14.9 Å². The first kappa shape index (κ1) is 20.3. The fourth-order valence-corrected chi connectivity index (χ4v) is 4.29. The Kier molecular flexibility index (Phi) is 7.05. The number of nitriles is 1. The average Bonchev–Trinajstić information content (AvgIpc) is 2.95. The molecule has 6 heteroatoms. The summed E-state index contributed by atoms with van der Waals surface area (Å²) >= 11 is 0. The van der Waals surface area contributed by atoms with E-state index in [1.807, 2.05) is 35.2 Å². The normalized spacial score (nSPS) is 22.5. The number of hydrogen-bond donors (Lipinski definition) is 2. The second-order valence-electron chi connectivity index (χ2n) is 8.09. The minimum Gasteiger partial charge on any atom is -0.337 e. The van der Waals surface area contributed by atoms with Gasteiger partial charge in [0.05, 0.1) is 18.5 Å². The molecule has 1 heterocycles. The minimum absolute atomic E-state index is 0.00794. The van der Waals surface area contributed by atoms with Crippen LogP contribution in [-0.2, 0) is 9.59 Å². The molecular weight excluding hydrogens is 352 g/mol. The number of para-hydroxylation sites is 1. The second kappa shape index (κ2) is 9.70. The highest BCUT2D eigenvalue weighted by Crippen LogP contribution is 2.26. The molecule has 1 aliphatic carbocycles. The van der Waals surface area contributed by atoms with Gasteiger partial charge >= 0.3 is 0 Å². The van der Waals surface area contributed by atoms with Gasteiger partial charge in [-0.2, -0.15) is 5.26 Å². The topological polar surface area (TPSA) is 85.2 Å². The van der Waals surface area contributed by atoms with Crippen molar-refractivity contribution >= 4 is 17.5 Å². The van der Waals surface area contributed by atoms with Crippen molar-refractivity contribution < 1.29 is 9.59 Å². The van der Waals surface area contributed by atoms with Gasteiger partial charge < -0.3 is 10.6 Å². The lowest BCUT2D eigenvalue weighted by Crippen LogP contribution is -2.52. The van der Waals surface area contributed by atoms with Crippen LogP contribution in [0.2, 0.25) is 0 Å². The van der Waals surface area contributed by atoms with Crippen LogP contribution in [0.15, 0.2) is 30.3 Å². The third-order valence-electron chi connectivity index (χ3n) is 5.83. The highest BCUT2D eigenvalue weighted by atomic mass is 16.2. The summed E-state index contributed by atoms with van der Waals surface area (Å²) in [6.07, 6.45) is 7.42. The van der Waals surface area contributed by atoms with Gasteiger partial charge in [0.15, 0.2) is 0 Å². The Morgan fingerprint density at radius 2 is 1.82 bits per heavy atom. The van der Waals surface area contributed by atoms with E-state index in [0.29, 0.717) is 6.54 Å². The van der Waals surface area contributed by atoms with Crippen LogP contribution in [0.3, 0.4) is 0 Å². The lowest BCUT2D eigenvalue weighted by Gasteiger charge is -2.33. The van der Waals surface area contributed by atoms with Crippen LogP contribution < -0.4 is 10.6 Å². The molecule has 2 aliphatic rings. The Balaban J connectivity index is 1.52. The molecule has 1 saturated heterocycles. The summed E-state index contributed by atoms with van der Waals surface area (Å²) in [6.45, 7) is 1.63. The Morgan fingerprint density at radius 1 is 1.11 bits per heavy atom. The molecule has 1 aromatic rings. The van der Waals surface area contributed by atoms with Crippen molar-refractivity contribution in [3.05, 3.63) is 30.3 Å². The zero-order valence-corrected chi connectivity index (χ0v) is 16.5. The molecule has 1 unspecified atom stereocenters. The van der Waals surface area contributed by atoms with Crippen LogP contribution in [-0.4, -0.2) is 41.9 Å². The molecule has 2 amide bonds. The molecule has 3 rings (SSSR count). The number of hydrogen-bond acceptors (Lipinski definition) is 4. The van der Waals surface area contributed by atoms with Gasteiger partial charge in [0.25, 0.3) is 0 Å². The Hall–Kier alpha value is -2.39. The summed E-state index contributed by atoms with van der Waals surface area (Å²) in [7, 11) is 0. The molecule has 6 nitrogen and oxygen atoms in total. The number of piperidine rings is 1. The van der Waals surface area contributed by atoms with E-state index >= 15 is 0 Å². The number of likely N-dealkylation sites (tertiary alicyclic amines) is 1. The molecule has 0 aromatic heterocycles. The van der Waals surface area contributed by atoms with Crippen molar-refractivity contribution in [1.82, 2.24) is 10.2 Å². The molecule has 1 aromatic carbocycles. The van der Waals surface area contributed by atoms with E-state index in [0.717, 1.165) is 63.6 Å². The standard InChI is InChI=1S/C22H30N4O2/c23-17-22(12-6-1-2-7-13-22)25-20(27)16-26-14-8-9-18(15-26)21(28)24-19-10-4-3-5-11-19/h3-5,10-11,18H,1-2,6-9,12-16H2,(H,24,28)(H,25,27). The Labute approximate surface area is 167 Å². The van der Waals surface area contributed by atoms with Gasteiger partial charge in [-0.05, 0) is 44.4 Å². The summed E-state index contributed by atoms with van der Waals surface area (Å²) in [6, 6.07) is 11.8. The number of benzene rings is 1. The van der Waals surface area contributed by atoms with E-state index in [1.54, 1.807) is 0 Å². The molecule has 28 heavy (non-hydrogen) atoms. The SMILES string of the molecule is N#CC1(NC(=O)CN2CCCC(C(=O)Nc3ccccc3)C2)CCCCCC1. The Morgan fingerprint density at radius 3 is 2.50 bits per heavy atom. The highest BCUT2D eigenvalue weighted by molar-refractivity contribution is 5.92. The summed E-state index contributed by atoms with van der Waals surface area (Å²) < 4.78 is 0. The van der Waals surface area contributed by atoms with Crippen molar-refractivity contribution in [2.45, 2.75) is 56.9 Å². The number of carbonyl (C=O) groups excluding carboxylic acids is 2. The van der Waals surface area contributed by atoms with E-state index < -0.39 is 5.54 Å². The van der Waals surface area contributed by atoms with E-state index in [4.69, 9.17) is 0 Å². The molecule has 2 fully saturated rings. The van der Waals surface area contributed by atoms with Gasteiger partial charge in [-0.15, -0.1) is 0 Å². The molecule has 1 saturated carbocycles. The maximum absolute atomic E-state index is 12.6. The van der Waals surface area contributed by atoms with Crippen LogP contribution in [0.1, 0.15) is 51.4 Å². The van der Waals surface area contributed by atoms with Crippen LogP contribution in [0.25, 0.3) is 0 Å². The number of carbonyl (C=O) groups is 2. The van der Waals surface area contributed by atoms with Crippen LogP contribution in [0, 0.1) is 17.2 Å². The number of nitrogens with zero attached hydrogens (tertiary/aromatic N) is 2. The first-order valence-electron chi connectivity index (χ1n) is 10.4. The van der Waals surface area contributed by atoms with E-state index in [2.05, 4.69) is 16.7 Å². The van der Waals surface area contributed by atoms with Gasteiger partial charge in [-0.3, -0.25) is 14.5 Å². The molecule has 1 atom stereocenters. The van der Waals surface area contributed by atoms with Crippen molar-refractivity contribution in [3.8, 4) is 6.07 Å². The predicted molar refractivity (Wildman–Crippen MR) is 108 cm³/mol. The fourth-order valence-electron chi connectivity index (χ4n) is 4.29. The number of anilines is 1. The quantitative estimate of drug-likeness (QED) is 0.767. The number of rotatable bonds is 5. The van der Waals surface area contributed by atoms with Crippen molar-refractivity contribution in [2.75, 3.05) is 25.0 Å². The predicted octanol–water partition coefficient (Wildman–Crippen LogP) is 3.07. The lowest BCUT2D eigenvalue weighted by molar-refractivity contribution is -0.126.